The number of piperidine rings is 3. The molecule has 4 fully saturated rings. The number of piperazine rings is 1. The van der Waals surface area contributed by atoms with Gasteiger partial charge < -0.3 is 34.6 Å². The molecule has 4 saturated heterocycles. The number of halogens is 3. The highest BCUT2D eigenvalue weighted by atomic mass is 79.9. The number of imide groups is 1. The number of hydrogen-bond donors (Lipinski definition) is 3. The van der Waals surface area contributed by atoms with Crippen LogP contribution in [0.15, 0.2) is 59.5 Å². The van der Waals surface area contributed by atoms with Gasteiger partial charge in [-0.3, -0.25) is 34.6 Å². The molecule has 1 atom stereocenters. The fraction of sp³-hybridized carbons (Fsp3) is 0.460. The molecule has 4 aliphatic heterocycles. The first-order valence-corrected chi connectivity index (χ1v) is 27.5. The minimum Gasteiger partial charge on any atom is -0.494 e. The third-order valence-electron chi connectivity index (χ3n) is 14.3. The Morgan fingerprint density at radius 1 is 0.871 bits per heavy atom. The smallest absolute Gasteiger partial charge is 0.234 e. The van der Waals surface area contributed by atoms with Crippen LogP contribution < -0.4 is 35.8 Å². The van der Waals surface area contributed by atoms with Crippen molar-refractivity contribution in [3.63, 3.8) is 0 Å². The lowest BCUT2D eigenvalue weighted by atomic mass is 9.89. The number of nitrogens with one attached hydrogen (secondary N) is 3. The van der Waals surface area contributed by atoms with Crippen molar-refractivity contribution in [1.29, 1.82) is 0 Å². The number of carbonyl (C=O) groups is 3. The minimum absolute atomic E-state index is 0.0412. The highest BCUT2D eigenvalue weighted by molar-refractivity contribution is 9.10. The second-order valence-electron chi connectivity index (χ2n) is 19.0. The number of fused-ring (bicyclic) bond motifs is 1. The molecule has 0 saturated carbocycles. The Balaban J connectivity index is 0.761. The van der Waals surface area contributed by atoms with Gasteiger partial charge >= 0.3 is 0 Å². The van der Waals surface area contributed by atoms with E-state index in [-0.39, 0.29) is 30.2 Å². The molecule has 6 heterocycles. The van der Waals surface area contributed by atoms with Crippen molar-refractivity contribution in [3.05, 3.63) is 82.2 Å². The van der Waals surface area contributed by atoms with Crippen LogP contribution in [0.3, 0.4) is 0 Å². The third kappa shape index (κ3) is 10.6. The van der Waals surface area contributed by atoms with Crippen LogP contribution in [-0.4, -0.2) is 126 Å². The number of amides is 3. The maximum Gasteiger partial charge on any atom is 0.234 e. The summed E-state index contributed by atoms with van der Waals surface area (Å²) in [5.41, 5.74) is 5.04. The summed E-state index contributed by atoms with van der Waals surface area (Å²) >= 11 is 3.59. The lowest BCUT2D eigenvalue weighted by molar-refractivity contribution is -0.135. The first-order valence-electron chi connectivity index (χ1n) is 24.1. The second-order valence-corrected chi connectivity index (χ2v) is 23.0. The van der Waals surface area contributed by atoms with Gasteiger partial charge in [0.05, 0.1) is 39.7 Å². The predicted molar refractivity (Wildman–Crippen MR) is 272 cm³/mol. The number of ether oxygens (including phenoxy) is 1. The van der Waals surface area contributed by atoms with E-state index in [2.05, 4.69) is 75.7 Å². The molecule has 3 aromatic carbocycles. The first-order chi connectivity index (χ1) is 33.7. The maximum absolute atomic E-state index is 15.2. The van der Waals surface area contributed by atoms with Crippen LogP contribution in [0.2, 0.25) is 0 Å². The number of benzene rings is 3. The van der Waals surface area contributed by atoms with Gasteiger partial charge in [0.2, 0.25) is 23.7 Å². The van der Waals surface area contributed by atoms with Crippen LogP contribution in [0.1, 0.15) is 68.9 Å². The number of rotatable bonds is 13. The topological polar surface area (TPSA) is 178 Å². The van der Waals surface area contributed by atoms with Gasteiger partial charge in [-0.15, -0.1) is 0 Å². The quantitative estimate of drug-likeness (QED) is 0.0772. The van der Waals surface area contributed by atoms with Crippen LogP contribution >= 0.6 is 23.1 Å². The summed E-state index contributed by atoms with van der Waals surface area (Å²) in [6, 6.07) is 10.9. The zero-order valence-electron chi connectivity index (χ0n) is 39.9. The van der Waals surface area contributed by atoms with Crippen LogP contribution in [0.5, 0.6) is 5.75 Å². The Bertz CT molecular complexity index is 2820. The molecule has 5 aromatic rings. The summed E-state index contributed by atoms with van der Waals surface area (Å²) in [6.45, 7) is 11.6. The molecule has 1 unspecified atom stereocenters. The number of aryl methyl sites for hydroxylation is 1. The van der Waals surface area contributed by atoms with Crippen molar-refractivity contribution in [1.82, 2.24) is 35.1 Å². The van der Waals surface area contributed by atoms with Gasteiger partial charge in [0.1, 0.15) is 35.9 Å². The number of anilines is 6. The lowest BCUT2D eigenvalue weighted by Gasteiger charge is -2.44. The first kappa shape index (κ1) is 49.2. The fourth-order valence-electron chi connectivity index (χ4n) is 10.5. The number of hydrogen-bond acceptors (Lipinski definition) is 14. The summed E-state index contributed by atoms with van der Waals surface area (Å²) in [5.74, 6) is -1.84. The van der Waals surface area contributed by atoms with E-state index in [0.29, 0.717) is 88.3 Å². The molecule has 9 rings (SSSR count). The molecular weight excluding hydrogens is 983 g/mol. The van der Waals surface area contributed by atoms with Gasteiger partial charge in [0.15, 0.2) is 0 Å². The highest BCUT2D eigenvalue weighted by Crippen LogP contribution is 2.42. The Labute approximate surface area is 414 Å². The number of carbonyl (C=O) groups excluding carboxylic acids is 3. The van der Waals surface area contributed by atoms with E-state index in [1.807, 2.05) is 21.9 Å². The summed E-state index contributed by atoms with van der Waals surface area (Å²) in [6.07, 6.45) is 9.75. The molecule has 20 heteroatoms. The zero-order valence-corrected chi connectivity index (χ0v) is 42.4. The molecular formula is C50H59BrF2N11O5P. The van der Waals surface area contributed by atoms with E-state index >= 15 is 8.78 Å². The molecule has 0 bridgehead atoms. The third-order valence-corrected chi connectivity index (χ3v) is 16.4. The highest BCUT2D eigenvalue weighted by Gasteiger charge is 2.35. The Morgan fingerprint density at radius 2 is 1.57 bits per heavy atom. The van der Waals surface area contributed by atoms with Crippen molar-refractivity contribution in [3.8, 4) is 5.75 Å². The van der Waals surface area contributed by atoms with Gasteiger partial charge in [-0.2, -0.15) is 4.98 Å². The van der Waals surface area contributed by atoms with E-state index in [1.165, 1.54) is 17.7 Å². The van der Waals surface area contributed by atoms with E-state index < -0.39 is 36.5 Å². The molecule has 0 spiro atoms. The molecule has 70 heavy (non-hydrogen) atoms. The molecule has 0 radical (unpaired) electrons. The molecule has 0 aliphatic carbocycles. The van der Waals surface area contributed by atoms with Gasteiger partial charge in [0.25, 0.3) is 0 Å². The Kier molecular flexibility index (Phi) is 14.7. The fourth-order valence-corrected chi connectivity index (χ4v) is 12.2. The Morgan fingerprint density at radius 3 is 2.24 bits per heavy atom. The van der Waals surface area contributed by atoms with Gasteiger partial charge in [0, 0.05) is 113 Å². The van der Waals surface area contributed by atoms with Gasteiger partial charge in [-0.05, 0) is 110 Å². The second kappa shape index (κ2) is 20.9. The molecule has 2 aromatic heterocycles. The Hall–Kier alpha value is -5.78. The van der Waals surface area contributed by atoms with E-state index in [4.69, 9.17) is 9.72 Å². The van der Waals surface area contributed by atoms with Crippen LogP contribution in [0, 0.1) is 17.6 Å². The van der Waals surface area contributed by atoms with E-state index in [1.54, 1.807) is 39.0 Å². The summed E-state index contributed by atoms with van der Waals surface area (Å²) in [7, 11) is -1.14. The average Bonchev–Trinajstić information content (AvgIpc) is 3.35. The summed E-state index contributed by atoms with van der Waals surface area (Å²) in [4.78, 5) is 64.6. The zero-order chi connectivity index (χ0) is 49.3. The van der Waals surface area contributed by atoms with E-state index in [9.17, 15) is 18.9 Å². The summed E-state index contributed by atoms with van der Waals surface area (Å²) < 4.78 is 50.6. The van der Waals surface area contributed by atoms with Gasteiger partial charge in [-0.1, -0.05) is 6.92 Å². The number of methoxy groups -OCH3 is 1. The normalized spacial score (nSPS) is 18.8. The molecule has 4 aliphatic rings. The number of nitrogens with zero attached hydrogens (tertiary/aromatic N) is 8. The monoisotopic (exact) mass is 1040 g/mol. The minimum atomic E-state index is -2.79. The van der Waals surface area contributed by atoms with Crippen LogP contribution in [0.25, 0.3) is 11.0 Å². The van der Waals surface area contributed by atoms with Crippen molar-refractivity contribution in [2.24, 2.45) is 5.92 Å². The van der Waals surface area contributed by atoms with Crippen LogP contribution in [-0.2, 0) is 25.4 Å². The van der Waals surface area contributed by atoms with Crippen molar-refractivity contribution in [2.45, 2.75) is 70.3 Å². The van der Waals surface area contributed by atoms with Crippen molar-refractivity contribution >= 4 is 91.6 Å². The van der Waals surface area contributed by atoms with Crippen LogP contribution in [0.4, 0.5) is 43.3 Å². The van der Waals surface area contributed by atoms with Crippen molar-refractivity contribution < 1.29 is 32.5 Å². The number of aromatic nitrogens is 4. The maximum atomic E-state index is 15.2. The van der Waals surface area contributed by atoms with Gasteiger partial charge in [-0.25, -0.2) is 13.8 Å². The SMILES string of the molecule is CCc1cc(Nc2ncc(Br)c(Nc3ccc4nccnc4c3P(C)(C)=O)n2)c(OC)cc1N1CCC(N2CCN(C(=O)CC3CCN(c4cc(F)c(C5CCC(=O)NC5=O)c(F)c4)CC3)CC2)CC1. The molecule has 370 valence electrons. The van der Waals surface area contributed by atoms with Crippen molar-refractivity contribution in [2.75, 3.05) is 93.2 Å². The summed E-state index contributed by atoms with van der Waals surface area (Å²) in [5, 5.41) is 9.53. The largest absolute Gasteiger partial charge is 0.494 e. The lowest BCUT2D eigenvalue weighted by Crippen LogP contribution is -2.54. The molecule has 16 nitrogen and oxygen atoms in total. The standard InChI is InChI=1S/C50H59BrF2N11O5P/c1-5-31-25-40(58-50-56-29-35(51)48(60-50)57-39-8-7-38-46(55-15-14-54-38)47(39)70(3,4)68)42(69-2)28-41(31)63-18-12-32(13-19-63)62-20-22-64(23-21-62)44(66)24-30-10-16-61(17-11-30)33-26-36(52)45(37(53)27-33)34-6-9-43(65)59-49(34)67/h7-8,14-15,25-30,32,34H,5-6,9-13,16-24H2,1-4H3,(H,59,65,67)(H2,56,57,58,60). The average molecular weight is 1040 g/mol. The van der Waals surface area contributed by atoms with E-state index in [0.717, 1.165) is 69.7 Å². The predicted octanol–water partition coefficient (Wildman–Crippen LogP) is 7.71. The molecule has 3 amide bonds. The molecule has 3 N–H and O–H groups in total.